The Kier molecular flexibility index (Phi) is 4.05. The molecule has 5 nitrogen and oxygen atoms in total. The van der Waals surface area contributed by atoms with Crippen molar-refractivity contribution in [2.24, 2.45) is 16.7 Å². The van der Waals surface area contributed by atoms with Crippen LogP contribution in [0.4, 0.5) is 8.78 Å². The monoisotopic (exact) mass is 310 g/mol. The minimum atomic E-state index is -3.85. The highest BCUT2D eigenvalue weighted by molar-refractivity contribution is 7.96. The van der Waals surface area contributed by atoms with Gasteiger partial charge < -0.3 is 10.6 Å². The number of alkyl halides is 2. The van der Waals surface area contributed by atoms with Gasteiger partial charge in [-0.15, -0.1) is 0 Å². The number of nitrogens with one attached hydrogen (secondary N) is 1. The van der Waals surface area contributed by atoms with E-state index in [2.05, 4.69) is 28.5 Å². The van der Waals surface area contributed by atoms with Crippen LogP contribution in [0.3, 0.4) is 0 Å². The zero-order valence-corrected chi connectivity index (χ0v) is 12.4. The molecule has 0 aliphatic heterocycles. The predicted molar refractivity (Wildman–Crippen MR) is 65.9 cm³/mol. The Morgan fingerprint density at radius 3 is 2.55 bits per heavy atom. The van der Waals surface area contributed by atoms with E-state index < -0.39 is 23.2 Å². The standard InChI is InChI=1S/C12H19F2NO4S/c1-10(2)7-4-5-11(10,3)8(6-7)15-9(16)12(13,14)20-19-18-17/h7-8,17H,4-6H2,1-3H3,(H,15,16)/p-1. The molecule has 0 aromatic carbocycles. The van der Waals surface area contributed by atoms with E-state index in [1.54, 1.807) is 0 Å². The largest absolute Gasteiger partial charge is 0.691 e. The molecule has 0 saturated heterocycles. The second kappa shape index (κ2) is 5.08. The molecule has 1 N–H and O–H groups in total. The van der Waals surface area contributed by atoms with Gasteiger partial charge >= 0.3 is 11.2 Å². The van der Waals surface area contributed by atoms with Gasteiger partial charge in [-0.05, 0) is 36.0 Å². The van der Waals surface area contributed by atoms with Gasteiger partial charge in [0.1, 0.15) is 12.0 Å². The maximum absolute atomic E-state index is 13.4. The molecule has 20 heavy (non-hydrogen) atoms. The number of carbonyl (C=O) groups is 1. The maximum atomic E-state index is 13.4. The molecule has 0 aromatic rings. The maximum Gasteiger partial charge on any atom is 0.397 e. The van der Waals surface area contributed by atoms with Gasteiger partial charge in [-0.25, -0.2) is 0 Å². The summed E-state index contributed by atoms with van der Waals surface area (Å²) in [6.07, 6.45) is 2.68. The molecule has 0 aromatic heterocycles. The van der Waals surface area contributed by atoms with Crippen molar-refractivity contribution in [1.82, 2.24) is 5.32 Å². The molecule has 2 aliphatic carbocycles. The Hall–Kier alpha value is -0.440. The lowest BCUT2D eigenvalue weighted by molar-refractivity contribution is -0.777. The van der Waals surface area contributed by atoms with Gasteiger partial charge in [0.25, 0.3) is 0 Å². The molecule has 2 rings (SSSR count). The third-order valence-corrected chi connectivity index (χ3v) is 6.05. The molecule has 116 valence electrons. The lowest BCUT2D eigenvalue weighted by Crippen LogP contribution is -2.51. The van der Waals surface area contributed by atoms with Crippen molar-refractivity contribution in [2.45, 2.75) is 51.3 Å². The van der Waals surface area contributed by atoms with Crippen LogP contribution in [0, 0.1) is 16.7 Å². The van der Waals surface area contributed by atoms with Crippen molar-refractivity contribution in [3.63, 3.8) is 0 Å². The fraction of sp³-hybridized carbons (Fsp3) is 0.917. The second-order valence-corrected chi connectivity index (χ2v) is 7.19. The predicted octanol–water partition coefficient (Wildman–Crippen LogP) is 1.78. The summed E-state index contributed by atoms with van der Waals surface area (Å²) < 4.78 is 30.4. The molecular weight excluding hydrogens is 292 g/mol. The van der Waals surface area contributed by atoms with Crippen LogP contribution in [0.15, 0.2) is 0 Å². The topological polar surface area (TPSA) is 70.6 Å². The third kappa shape index (κ3) is 2.32. The molecule has 8 heteroatoms. The Morgan fingerprint density at radius 2 is 2.10 bits per heavy atom. The summed E-state index contributed by atoms with van der Waals surface area (Å²) in [4.78, 5) is 11.6. The normalized spacial score (nSPS) is 35.3. The van der Waals surface area contributed by atoms with E-state index in [1.807, 2.05) is 6.92 Å². The van der Waals surface area contributed by atoms with Gasteiger partial charge in [-0.2, -0.15) is 13.1 Å². The van der Waals surface area contributed by atoms with E-state index in [9.17, 15) is 18.8 Å². The molecule has 2 saturated carbocycles. The molecule has 2 aliphatic rings. The van der Waals surface area contributed by atoms with E-state index in [-0.39, 0.29) is 16.9 Å². The average molecular weight is 310 g/mol. The number of carbonyl (C=O) groups excluding carboxylic acids is 1. The third-order valence-electron chi connectivity index (χ3n) is 5.53. The Bertz CT molecular complexity index is 407. The summed E-state index contributed by atoms with van der Waals surface area (Å²) in [6, 6.07) is -0.289. The van der Waals surface area contributed by atoms with Crippen molar-refractivity contribution in [2.75, 3.05) is 0 Å². The lowest BCUT2D eigenvalue weighted by atomic mass is 9.69. The molecule has 0 spiro atoms. The van der Waals surface area contributed by atoms with Gasteiger partial charge in [0.15, 0.2) is 0 Å². The smallest absolute Gasteiger partial charge is 0.397 e. The lowest BCUT2D eigenvalue weighted by Gasteiger charge is -2.39. The number of halogens is 2. The van der Waals surface area contributed by atoms with Crippen LogP contribution in [-0.2, 0) is 14.2 Å². The Labute approximate surface area is 120 Å². The second-order valence-electron chi connectivity index (χ2n) is 6.37. The van der Waals surface area contributed by atoms with Crippen LogP contribution in [0.25, 0.3) is 0 Å². The molecule has 1 amide bonds. The quantitative estimate of drug-likeness (QED) is 0.476. The molecule has 3 unspecified atom stereocenters. The first-order valence-corrected chi connectivity index (χ1v) is 7.22. The highest BCUT2D eigenvalue weighted by Crippen LogP contribution is 2.65. The summed E-state index contributed by atoms with van der Waals surface area (Å²) in [5.41, 5.74) is -0.175. The number of hydrogen-bond acceptors (Lipinski definition) is 5. The summed E-state index contributed by atoms with van der Waals surface area (Å²) in [5.74, 6) is -1.02. The summed E-state index contributed by atoms with van der Waals surface area (Å²) in [7, 11) is 0. The Morgan fingerprint density at radius 1 is 1.45 bits per heavy atom. The van der Waals surface area contributed by atoms with E-state index in [0.29, 0.717) is 12.3 Å². The molecule has 0 radical (unpaired) electrons. The van der Waals surface area contributed by atoms with Gasteiger partial charge in [-0.3, -0.25) is 9.83 Å². The zero-order chi connectivity index (χ0) is 15.2. The van der Waals surface area contributed by atoms with E-state index in [0.717, 1.165) is 12.8 Å². The van der Waals surface area contributed by atoms with Crippen LogP contribution in [0.5, 0.6) is 0 Å². The molecular formula is C12H18F2NO4S-. The SMILES string of the molecule is CC1(C)C2CCC1(C)C(NC(=O)C(F)(F)SOO[O-])C2. The number of fused-ring (bicyclic) bond motifs is 2. The minimum absolute atomic E-state index is 0.0159. The fourth-order valence-corrected chi connectivity index (χ4v) is 4.01. The van der Waals surface area contributed by atoms with E-state index >= 15 is 0 Å². The number of amides is 1. The van der Waals surface area contributed by atoms with E-state index in [4.69, 9.17) is 0 Å². The minimum Gasteiger partial charge on any atom is -0.691 e. The first-order valence-electron chi connectivity index (χ1n) is 6.48. The molecule has 3 atom stereocenters. The van der Waals surface area contributed by atoms with Crippen LogP contribution >= 0.6 is 12.0 Å². The highest BCUT2D eigenvalue weighted by atomic mass is 32.2. The van der Waals surface area contributed by atoms with Crippen molar-refractivity contribution in [1.29, 1.82) is 0 Å². The van der Waals surface area contributed by atoms with Gasteiger partial charge in [0.05, 0.1) is 0 Å². The molecule has 2 bridgehead atoms. The number of hydrogen-bond donors (Lipinski definition) is 1. The van der Waals surface area contributed by atoms with Crippen LogP contribution in [0.2, 0.25) is 0 Å². The van der Waals surface area contributed by atoms with Gasteiger partial charge in [-0.1, -0.05) is 20.8 Å². The molecule has 2 fully saturated rings. The zero-order valence-electron chi connectivity index (χ0n) is 11.6. The summed E-state index contributed by atoms with van der Waals surface area (Å²) in [6.45, 7) is 6.28. The van der Waals surface area contributed by atoms with Crippen LogP contribution in [0.1, 0.15) is 40.0 Å². The summed E-state index contributed by atoms with van der Waals surface area (Å²) in [5, 5.41) is 11.0. The fourth-order valence-electron chi connectivity index (χ4n) is 3.76. The van der Waals surface area contributed by atoms with Crippen LogP contribution < -0.4 is 10.6 Å². The van der Waals surface area contributed by atoms with Crippen molar-refractivity contribution >= 4 is 17.9 Å². The van der Waals surface area contributed by atoms with E-state index in [1.165, 1.54) is 0 Å². The van der Waals surface area contributed by atoms with Crippen LogP contribution in [-0.4, -0.2) is 17.2 Å². The number of rotatable bonds is 5. The van der Waals surface area contributed by atoms with Gasteiger partial charge in [0, 0.05) is 6.04 Å². The van der Waals surface area contributed by atoms with Crippen molar-refractivity contribution in [3.8, 4) is 0 Å². The van der Waals surface area contributed by atoms with Crippen molar-refractivity contribution in [3.05, 3.63) is 0 Å². The highest BCUT2D eigenvalue weighted by Gasteiger charge is 2.62. The van der Waals surface area contributed by atoms with Gasteiger partial charge in [0.2, 0.25) is 0 Å². The van der Waals surface area contributed by atoms with Crippen molar-refractivity contribution < 1.29 is 28.2 Å². The first-order chi connectivity index (χ1) is 9.15. The first kappa shape index (κ1) is 15.9. The molecule has 0 heterocycles. The summed E-state index contributed by atoms with van der Waals surface area (Å²) >= 11 is -0.591. The Balaban J connectivity index is 2.03. The average Bonchev–Trinajstić information content (AvgIpc) is 2.69.